The first kappa shape index (κ1) is 29.6. The Labute approximate surface area is 111 Å². The van der Waals surface area contributed by atoms with Gasteiger partial charge in [0.05, 0.1) is 0 Å². The second kappa shape index (κ2) is 36.4. The van der Waals surface area contributed by atoms with Gasteiger partial charge in [0.2, 0.25) is 0 Å². The molecule has 0 aromatic carbocycles. The van der Waals surface area contributed by atoms with Crippen molar-refractivity contribution >= 4 is 11.8 Å². The molecule has 98 valence electrons. The molecule has 16 heavy (non-hydrogen) atoms. The van der Waals surface area contributed by atoms with Gasteiger partial charge in [-0.15, -0.1) is 0 Å². The van der Waals surface area contributed by atoms with Gasteiger partial charge in [-0.1, -0.05) is 6.92 Å². The zero-order valence-electron chi connectivity index (χ0n) is 10.2. The number of hydrogen-bond donors (Lipinski definition) is 3. The van der Waals surface area contributed by atoms with Crippen LogP contribution in [-0.2, 0) is 31.3 Å². The van der Waals surface area contributed by atoms with Crippen molar-refractivity contribution in [3.63, 3.8) is 0 Å². The molecule has 0 aliphatic carbocycles. The van der Waals surface area contributed by atoms with Gasteiger partial charge in [0.25, 0.3) is 0 Å². The first-order valence-corrected chi connectivity index (χ1v) is 4.22. The van der Waals surface area contributed by atoms with Crippen molar-refractivity contribution in [1.82, 2.24) is 0 Å². The quantitative estimate of drug-likeness (QED) is 0.416. The van der Waals surface area contributed by atoms with Crippen LogP contribution in [0.4, 0.5) is 0 Å². The van der Waals surface area contributed by atoms with Gasteiger partial charge in [-0.3, -0.25) is 4.79 Å². The summed E-state index contributed by atoms with van der Waals surface area (Å²) in [6.45, 7) is 1.83. The third-order valence-electron chi connectivity index (χ3n) is 0.870. The average Bonchev–Trinajstić information content (AvgIpc) is 2.26. The van der Waals surface area contributed by atoms with E-state index in [4.69, 9.17) is 15.3 Å². The number of carbonyl (C=O) groups is 2. The van der Waals surface area contributed by atoms with Crippen LogP contribution in [0.2, 0.25) is 0 Å². The summed E-state index contributed by atoms with van der Waals surface area (Å²) in [6.07, 6.45) is 0.605. The van der Waals surface area contributed by atoms with Crippen molar-refractivity contribution in [3.05, 3.63) is 0 Å². The zero-order chi connectivity index (χ0) is 13.3. The molecule has 0 aliphatic rings. The molecule has 0 fully saturated rings. The number of hydrogen-bond acceptors (Lipinski definition) is 6. The fraction of sp³-hybridized carbons (Fsp3) is 0.778. The van der Waals surface area contributed by atoms with Gasteiger partial charge < -0.3 is 25.2 Å². The third-order valence-corrected chi connectivity index (χ3v) is 0.870. The van der Waals surface area contributed by atoms with E-state index in [1.165, 1.54) is 0 Å². The molecular weight excluding hydrogens is 252 g/mol. The Hall–Kier alpha value is -0.266. The molecule has 0 saturated carbocycles. The molecule has 0 atom stereocenters. The summed E-state index contributed by atoms with van der Waals surface area (Å²) in [7, 11) is 3.00. The molecule has 3 N–H and O–H groups in total. The van der Waals surface area contributed by atoms with E-state index in [9.17, 15) is 14.7 Å². The minimum absolute atomic E-state index is 0. The maximum absolute atomic E-state index is 10.4. The van der Waals surface area contributed by atoms with Gasteiger partial charge in [-0.25, -0.2) is 0 Å². The van der Waals surface area contributed by atoms with Crippen LogP contribution in [-0.4, -0.2) is 48.4 Å². The van der Waals surface area contributed by atoms with E-state index in [0.717, 1.165) is 21.3 Å². The van der Waals surface area contributed by atoms with Gasteiger partial charge in [-0.2, -0.15) is 0 Å². The Morgan fingerprint density at radius 3 is 1.50 bits per heavy atom. The van der Waals surface area contributed by atoms with Crippen molar-refractivity contribution < 1.29 is 51.7 Å². The Balaban J connectivity index is -0.0000000498. The van der Waals surface area contributed by atoms with Crippen molar-refractivity contribution in [2.45, 2.75) is 26.2 Å². The minimum Gasteiger partial charge on any atom is -0.550 e. The molecule has 0 aromatic heterocycles. The second-order valence-corrected chi connectivity index (χ2v) is 1.84. The molecule has 0 rings (SSSR count). The van der Waals surface area contributed by atoms with Crippen molar-refractivity contribution in [2.75, 3.05) is 21.3 Å². The number of carboxylic acids is 1. The van der Waals surface area contributed by atoms with Crippen LogP contribution in [0.15, 0.2) is 0 Å². The number of aliphatic carboxylic acids is 1. The maximum Gasteiger partial charge on any atom is 0.138 e. The number of Topliss-reactive ketones (excluding diaryl/α,β-unsaturated/α-hetero) is 1. The normalized spacial score (nSPS) is 6.19. The number of rotatable bonds is 4. The fourth-order valence-electron chi connectivity index (χ4n) is 0.528. The molecule has 0 heterocycles. The predicted octanol–water partition coefficient (Wildman–Crippen LogP) is -1.68. The number of carboxylic acid groups (broad SMARTS) is 1. The zero-order valence-corrected chi connectivity index (χ0v) is 11.7. The molecule has 0 saturated heterocycles. The summed E-state index contributed by atoms with van der Waals surface area (Å²) in [5.74, 6) is -1.54. The number of carbonyl (C=O) groups excluding carboxylic acids is 2. The Kier molecular flexibility index (Phi) is 67.5. The van der Waals surface area contributed by atoms with E-state index >= 15 is 0 Å². The van der Waals surface area contributed by atoms with E-state index in [1.807, 2.05) is 6.92 Å². The monoisotopic (exact) mass is 273 g/mol. The largest absolute Gasteiger partial charge is 0.550 e. The Morgan fingerprint density at radius 2 is 1.31 bits per heavy atom. The molecule has 0 unspecified atom stereocenters. The van der Waals surface area contributed by atoms with Crippen LogP contribution in [0.5, 0.6) is 0 Å². The van der Waals surface area contributed by atoms with E-state index in [1.54, 1.807) is 0 Å². The van der Waals surface area contributed by atoms with Gasteiger partial charge in [-0.05, 0) is 6.42 Å². The molecular formula is C9H21O6Ti-. The SMILES string of the molecule is CCCC(=O)CC(=O)[O-].CO.CO.CO.[Ti]. The summed E-state index contributed by atoms with van der Waals surface area (Å²) in [6, 6.07) is 0. The Bertz CT molecular complexity index is 129. The van der Waals surface area contributed by atoms with Crippen LogP contribution in [0, 0.1) is 0 Å². The summed E-state index contributed by atoms with van der Waals surface area (Å²) in [5, 5.41) is 30.8. The number of ketones is 1. The van der Waals surface area contributed by atoms with E-state index in [0.29, 0.717) is 12.8 Å². The van der Waals surface area contributed by atoms with Gasteiger partial charge in [0, 0.05) is 61.9 Å². The van der Waals surface area contributed by atoms with Gasteiger partial charge in [0.1, 0.15) is 5.78 Å². The molecule has 0 radical (unpaired) electrons. The van der Waals surface area contributed by atoms with Crippen molar-refractivity contribution in [3.8, 4) is 0 Å². The van der Waals surface area contributed by atoms with Crippen molar-refractivity contribution in [1.29, 1.82) is 0 Å². The van der Waals surface area contributed by atoms with Crippen molar-refractivity contribution in [2.24, 2.45) is 0 Å². The second-order valence-electron chi connectivity index (χ2n) is 1.84. The minimum atomic E-state index is -1.28. The van der Waals surface area contributed by atoms with Crippen LogP contribution < -0.4 is 5.11 Å². The first-order chi connectivity index (χ1) is 7.16. The van der Waals surface area contributed by atoms with E-state index in [2.05, 4.69) is 0 Å². The summed E-state index contributed by atoms with van der Waals surface area (Å²) in [5.41, 5.74) is 0. The summed E-state index contributed by atoms with van der Waals surface area (Å²) >= 11 is 0. The van der Waals surface area contributed by atoms with Gasteiger partial charge >= 0.3 is 0 Å². The molecule has 0 amide bonds. The molecule has 0 aromatic rings. The Morgan fingerprint density at radius 1 is 1.00 bits per heavy atom. The number of aliphatic hydroxyl groups excluding tert-OH is 3. The predicted molar refractivity (Wildman–Crippen MR) is 54.0 cm³/mol. The fourth-order valence-corrected chi connectivity index (χ4v) is 0.528. The van der Waals surface area contributed by atoms with E-state index < -0.39 is 12.4 Å². The van der Waals surface area contributed by atoms with E-state index in [-0.39, 0.29) is 27.5 Å². The molecule has 0 bridgehead atoms. The van der Waals surface area contributed by atoms with Crippen LogP contribution in [0.3, 0.4) is 0 Å². The van der Waals surface area contributed by atoms with Crippen LogP contribution in [0.1, 0.15) is 26.2 Å². The molecule has 6 nitrogen and oxygen atoms in total. The van der Waals surface area contributed by atoms with Crippen LogP contribution in [0.25, 0.3) is 0 Å². The average molecular weight is 273 g/mol. The summed E-state index contributed by atoms with van der Waals surface area (Å²) in [4.78, 5) is 20.2. The third kappa shape index (κ3) is 49.1. The van der Waals surface area contributed by atoms with Gasteiger partial charge in [0.15, 0.2) is 0 Å². The van der Waals surface area contributed by atoms with Crippen LogP contribution >= 0.6 is 0 Å². The topological polar surface area (TPSA) is 118 Å². The summed E-state index contributed by atoms with van der Waals surface area (Å²) < 4.78 is 0. The molecule has 7 heteroatoms. The number of aliphatic hydroxyl groups is 3. The first-order valence-electron chi connectivity index (χ1n) is 4.22. The maximum atomic E-state index is 10.4. The molecule has 0 aliphatic heterocycles. The molecule has 0 spiro atoms. The standard InChI is InChI=1S/C6H10O3.3CH4O.Ti/c1-2-3-5(7)4-6(8)9;3*1-2;/h2-4H2,1H3,(H,8,9);3*2H,1H3;/p-1. The smallest absolute Gasteiger partial charge is 0.138 e.